The third kappa shape index (κ3) is 7.94. The Morgan fingerprint density at radius 1 is 0.737 bits per heavy atom. The Balaban J connectivity index is 4.19. The van der Waals surface area contributed by atoms with E-state index in [0.717, 1.165) is 25.9 Å². The van der Waals surface area contributed by atoms with Crippen LogP contribution < -0.4 is 5.73 Å². The van der Waals surface area contributed by atoms with Crippen molar-refractivity contribution >= 4 is 0 Å². The first kappa shape index (κ1) is 18.9. The van der Waals surface area contributed by atoms with Crippen LogP contribution >= 0.6 is 0 Å². The van der Waals surface area contributed by atoms with Crippen LogP contribution in [-0.4, -0.2) is 12.3 Å². The quantitative estimate of drug-likeness (QED) is 0.692. The molecule has 0 aromatic rings. The van der Waals surface area contributed by atoms with E-state index in [0.29, 0.717) is 5.41 Å². The zero-order chi connectivity index (χ0) is 15.5. The Morgan fingerprint density at radius 2 is 1.21 bits per heavy atom. The van der Waals surface area contributed by atoms with E-state index in [9.17, 15) is 0 Å². The number of rotatable bonds is 6. The Labute approximate surface area is 121 Å². The Morgan fingerprint density at radius 3 is 1.58 bits per heavy atom. The van der Waals surface area contributed by atoms with Gasteiger partial charge < -0.3 is 10.5 Å². The van der Waals surface area contributed by atoms with Gasteiger partial charge in [-0.05, 0) is 42.4 Å². The molecule has 2 nitrogen and oxygen atoms in total. The standard InChI is InChI=1S/C17H37NO/c1-14(2,3)10-11-17(9,18)19-13-12-16(7,8)15(4,5)6/h10-13,18H2,1-9H3. The molecule has 0 amide bonds. The maximum absolute atomic E-state index is 6.24. The van der Waals surface area contributed by atoms with Gasteiger partial charge in [-0.15, -0.1) is 0 Å². The maximum atomic E-state index is 6.24. The fraction of sp³-hybridized carbons (Fsp3) is 1.00. The molecule has 0 aromatic carbocycles. The molecule has 0 rings (SSSR count). The van der Waals surface area contributed by atoms with Crippen LogP contribution in [0.1, 0.15) is 81.6 Å². The number of hydrogen-bond donors (Lipinski definition) is 1. The van der Waals surface area contributed by atoms with Crippen molar-refractivity contribution < 1.29 is 4.74 Å². The maximum Gasteiger partial charge on any atom is 0.113 e. The normalized spacial score (nSPS) is 17.4. The second kappa shape index (κ2) is 6.13. The molecule has 0 aliphatic rings. The van der Waals surface area contributed by atoms with Crippen LogP contribution in [0.4, 0.5) is 0 Å². The van der Waals surface area contributed by atoms with E-state index >= 15 is 0 Å². The minimum absolute atomic E-state index is 0.257. The molecule has 1 unspecified atom stereocenters. The highest BCUT2D eigenvalue weighted by atomic mass is 16.5. The van der Waals surface area contributed by atoms with Gasteiger partial charge >= 0.3 is 0 Å². The molecule has 0 spiro atoms. The summed E-state index contributed by atoms with van der Waals surface area (Å²) in [5, 5.41) is 0. The summed E-state index contributed by atoms with van der Waals surface area (Å²) in [5.41, 5.74) is 6.60. The molecule has 0 saturated heterocycles. The van der Waals surface area contributed by atoms with Crippen LogP contribution in [0.2, 0.25) is 0 Å². The first-order valence-corrected chi connectivity index (χ1v) is 7.59. The van der Waals surface area contributed by atoms with Gasteiger partial charge in [-0.3, -0.25) is 0 Å². The van der Waals surface area contributed by atoms with Gasteiger partial charge in [0.1, 0.15) is 5.72 Å². The van der Waals surface area contributed by atoms with Crippen molar-refractivity contribution in [1.82, 2.24) is 0 Å². The summed E-state index contributed by atoms with van der Waals surface area (Å²) in [6.45, 7) is 20.9. The molecule has 0 heterocycles. The molecule has 0 radical (unpaired) electrons. The van der Waals surface area contributed by atoms with Gasteiger partial charge in [-0.2, -0.15) is 0 Å². The van der Waals surface area contributed by atoms with E-state index in [1.165, 1.54) is 0 Å². The number of hydrogen-bond acceptors (Lipinski definition) is 2. The molecule has 19 heavy (non-hydrogen) atoms. The van der Waals surface area contributed by atoms with Gasteiger partial charge in [-0.1, -0.05) is 55.4 Å². The Kier molecular flexibility index (Phi) is 6.11. The van der Waals surface area contributed by atoms with E-state index < -0.39 is 5.72 Å². The zero-order valence-corrected chi connectivity index (χ0v) is 14.8. The topological polar surface area (TPSA) is 35.2 Å². The SMILES string of the molecule is CC(C)(C)CCC(C)(N)OCCC(C)(C)C(C)(C)C. The van der Waals surface area contributed by atoms with Crippen molar-refractivity contribution in [3.05, 3.63) is 0 Å². The second-order valence-electron chi connectivity index (χ2n) is 9.11. The second-order valence-corrected chi connectivity index (χ2v) is 9.11. The van der Waals surface area contributed by atoms with E-state index in [1.54, 1.807) is 0 Å². The van der Waals surface area contributed by atoms with Crippen LogP contribution in [0.15, 0.2) is 0 Å². The summed E-state index contributed by atoms with van der Waals surface area (Å²) in [7, 11) is 0. The van der Waals surface area contributed by atoms with Gasteiger partial charge in [0.15, 0.2) is 0 Å². The molecule has 0 bridgehead atoms. The van der Waals surface area contributed by atoms with Crippen LogP contribution in [0.5, 0.6) is 0 Å². The first-order valence-electron chi connectivity index (χ1n) is 7.59. The first-order chi connectivity index (χ1) is 8.16. The van der Waals surface area contributed by atoms with Crippen LogP contribution in [-0.2, 0) is 4.74 Å². The average molecular weight is 271 g/mol. The third-order valence-electron chi connectivity index (χ3n) is 4.56. The molecule has 1 atom stereocenters. The van der Waals surface area contributed by atoms with Crippen LogP contribution in [0.3, 0.4) is 0 Å². The van der Waals surface area contributed by atoms with Gasteiger partial charge in [0.2, 0.25) is 0 Å². The third-order valence-corrected chi connectivity index (χ3v) is 4.56. The average Bonchev–Trinajstić information content (AvgIpc) is 2.11. The summed E-state index contributed by atoms with van der Waals surface area (Å²) in [6.07, 6.45) is 3.04. The van der Waals surface area contributed by atoms with Gasteiger partial charge in [0.25, 0.3) is 0 Å². The minimum Gasteiger partial charge on any atom is -0.361 e. The number of ether oxygens (including phenoxy) is 1. The van der Waals surface area contributed by atoms with Crippen LogP contribution in [0.25, 0.3) is 0 Å². The summed E-state index contributed by atoms with van der Waals surface area (Å²) in [6, 6.07) is 0. The van der Waals surface area contributed by atoms with E-state index in [1.807, 2.05) is 6.92 Å². The van der Waals surface area contributed by atoms with E-state index in [-0.39, 0.29) is 10.8 Å². The fourth-order valence-electron chi connectivity index (χ4n) is 1.61. The van der Waals surface area contributed by atoms with Crippen molar-refractivity contribution in [2.24, 2.45) is 22.0 Å². The van der Waals surface area contributed by atoms with Gasteiger partial charge in [0, 0.05) is 6.61 Å². The zero-order valence-electron chi connectivity index (χ0n) is 14.8. The fourth-order valence-corrected chi connectivity index (χ4v) is 1.61. The summed E-state index contributed by atoms with van der Waals surface area (Å²) < 4.78 is 5.93. The summed E-state index contributed by atoms with van der Waals surface area (Å²) in [4.78, 5) is 0. The molecule has 2 N–H and O–H groups in total. The smallest absolute Gasteiger partial charge is 0.113 e. The molecule has 0 fully saturated rings. The molecule has 0 aliphatic heterocycles. The molecule has 0 aromatic heterocycles. The van der Waals surface area contributed by atoms with Gasteiger partial charge in [-0.25, -0.2) is 0 Å². The Hall–Kier alpha value is -0.0800. The highest BCUT2D eigenvalue weighted by molar-refractivity contribution is 4.82. The molecular formula is C17H37NO. The summed E-state index contributed by atoms with van der Waals surface area (Å²) in [5.74, 6) is 0. The molecular weight excluding hydrogens is 234 g/mol. The highest BCUT2D eigenvalue weighted by Gasteiger charge is 2.33. The lowest BCUT2D eigenvalue weighted by molar-refractivity contribution is -0.0580. The number of nitrogens with two attached hydrogens (primary N) is 1. The lowest BCUT2D eigenvalue weighted by Crippen LogP contribution is -2.41. The minimum atomic E-state index is -0.499. The van der Waals surface area contributed by atoms with Crippen LogP contribution in [0, 0.1) is 16.2 Å². The van der Waals surface area contributed by atoms with E-state index in [4.69, 9.17) is 10.5 Å². The molecule has 116 valence electrons. The lowest BCUT2D eigenvalue weighted by Gasteiger charge is -2.40. The predicted molar refractivity (Wildman–Crippen MR) is 85.1 cm³/mol. The largest absolute Gasteiger partial charge is 0.361 e. The van der Waals surface area contributed by atoms with Crippen molar-refractivity contribution in [2.75, 3.05) is 6.61 Å². The van der Waals surface area contributed by atoms with Crippen molar-refractivity contribution in [3.63, 3.8) is 0 Å². The predicted octanol–water partition coefficient (Wildman–Crippen LogP) is 4.97. The van der Waals surface area contributed by atoms with Crippen molar-refractivity contribution in [3.8, 4) is 0 Å². The molecule has 2 heteroatoms. The van der Waals surface area contributed by atoms with Crippen molar-refractivity contribution in [1.29, 1.82) is 0 Å². The lowest BCUT2D eigenvalue weighted by atomic mass is 9.67. The molecule has 0 saturated carbocycles. The summed E-state index contributed by atoms with van der Waals surface area (Å²) >= 11 is 0. The van der Waals surface area contributed by atoms with E-state index in [2.05, 4.69) is 55.4 Å². The van der Waals surface area contributed by atoms with Gasteiger partial charge in [0.05, 0.1) is 0 Å². The van der Waals surface area contributed by atoms with Crippen molar-refractivity contribution in [2.45, 2.75) is 87.3 Å². The molecule has 0 aliphatic carbocycles. The highest BCUT2D eigenvalue weighted by Crippen LogP contribution is 2.40. The Bertz CT molecular complexity index is 266. The monoisotopic (exact) mass is 271 g/mol.